The molecular formula is C13H23NO2. The second kappa shape index (κ2) is 5.19. The maximum atomic E-state index is 10.6. The molecule has 2 N–H and O–H groups in total. The van der Waals surface area contributed by atoms with Crippen LogP contribution in [-0.2, 0) is 4.74 Å². The predicted octanol–water partition coefficient (Wildman–Crippen LogP) is 1.96. The highest BCUT2D eigenvalue weighted by Crippen LogP contribution is 2.37. The minimum atomic E-state index is -0.577. The van der Waals surface area contributed by atoms with Gasteiger partial charge in [-0.2, -0.15) is 0 Å². The van der Waals surface area contributed by atoms with E-state index in [0.29, 0.717) is 6.04 Å². The maximum Gasteiger partial charge on any atom is 0.0890 e. The van der Waals surface area contributed by atoms with E-state index in [1.54, 1.807) is 6.26 Å². The van der Waals surface area contributed by atoms with E-state index >= 15 is 0 Å². The van der Waals surface area contributed by atoms with Gasteiger partial charge in [0.15, 0.2) is 0 Å². The summed E-state index contributed by atoms with van der Waals surface area (Å²) in [6, 6.07) is 0.593. The quantitative estimate of drug-likeness (QED) is 0.771. The van der Waals surface area contributed by atoms with Gasteiger partial charge in [-0.25, -0.2) is 0 Å². The molecule has 3 nitrogen and oxygen atoms in total. The molecule has 2 rings (SSSR count). The smallest absolute Gasteiger partial charge is 0.0890 e. The van der Waals surface area contributed by atoms with Crippen molar-refractivity contribution in [1.82, 2.24) is 5.32 Å². The highest BCUT2D eigenvalue weighted by atomic mass is 16.5. The number of aliphatic hydroxyl groups is 1. The summed E-state index contributed by atoms with van der Waals surface area (Å²) in [7, 11) is 0. The Morgan fingerprint density at radius 3 is 2.81 bits per heavy atom. The van der Waals surface area contributed by atoms with Crippen molar-refractivity contribution in [3.63, 3.8) is 0 Å². The Hall–Kier alpha value is -0.540. The molecule has 0 aromatic rings. The van der Waals surface area contributed by atoms with Crippen LogP contribution in [0.5, 0.6) is 0 Å². The minimum Gasteiger partial charge on any atom is -0.501 e. The van der Waals surface area contributed by atoms with E-state index in [1.165, 1.54) is 0 Å². The average Bonchev–Trinajstić information content (AvgIpc) is 2.34. The molecule has 1 aliphatic carbocycles. The summed E-state index contributed by atoms with van der Waals surface area (Å²) in [5.41, 5.74) is 0.542. The molecule has 1 heterocycles. The monoisotopic (exact) mass is 225 g/mol. The van der Waals surface area contributed by atoms with Gasteiger partial charge in [0, 0.05) is 6.04 Å². The molecule has 0 aromatic heterocycles. The zero-order chi connectivity index (χ0) is 11.4. The van der Waals surface area contributed by atoms with Gasteiger partial charge in [-0.3, -0.25) is 0 Å². The molecule has 0 radical (unpaired) electrons. The number of nitrogens with one attached hydrogen (secondary N) is 1. The molecule has 0 unspecified atom stereocenters. The van der Waals surface area contributed by atoms with Crippen LogP contribution in [-0.4, -0.2) is 29.9 Å². The lowest BCUT2D eigenvalue weighted by Gasteiger charge is -2.38. The fraction of sp³-hybridized carbons (Fsp3) is 0.846. The van der Waals surface area contributed by atoms with Crippen LogP contribution < -0.4 is 5.32 Å². The van der Waals surface area contributed by atoms with Gasteiger partial charge in [0.2, 0.25) is 0 Å². The van der Waals surface area contributed by atoms with Crippen LogP contribution >= 0.6 is 0 Å². The maximum absolute atomic E-state index is 10.6. The summed E-state index contributed by atoms with van der Waals surface area (Å²) in [4.78, 5) is 0. The van der Waals surface area contributed by atoms with Crippen molar-refractivity contribution in [3.8, 4) is 0 Å². The zero-order valence-electron chi connectivity index (χ0n) is 10.2. The first-order valence-corrected chi connectivity index (χ1v) is 6.51. The molecule has 1 saturated carbocycles. The molecule has 0 atom stereocenters. The molecule has 1 aliphatic heterocycles. The standard InChI is InChI=1S/C13H23NO2/c1-2-14-12-5-7-13(15,8-6-12)11-4-3-9-16-10-11/h10,12,14-15H,2-9H2,1H3. The highest BCUT2D eigenvalue weighted by molar-refractivity contribution is 5.17. The van der Waals surface area contributed by atoms with Crippen molar-refractivity contribution in [1.29, 1.82) is 0 Å². The average molecular weight is 225 g/mol. The first-order valence-electron chi connectivity index (χ1n) is 6.51. The van der Waals surface area contributed by atoms with Gasteiger partial charge >= 0.3 is 0 Å². The number of hydrogen-bond acceptors (Lipinski definition) is 3. The second-order valence-electron chi connectivity index (χ2n) is 4.98. The van der Waals surface area contributed by atoms with Gasteiger partial charge < -0.3 is 15.2 Å². The molecule has 16 heavy (non-hydrogen) atoms. The largest absolute Gasteiger partial charge is 0.501 e. The molecule has 0 saturated heterocycles. The van der Waals surface area contributed by atoms with Crippen LogP contribution in [0.25, 0.3) is 0 Å². The van der Waals surface area contributed by atoms with Gasteiger partial charge in [0.1, 0.15) is 0 Å². The SMILES string of the molecule is CCNC1CCC(O)(C2=COCCC2)CC1. The van der Waals surface area contributed by atoms with Crippen LogP contribution in [0.15, 0.2) is 11.8 Å². The molecule has 0 bridgehead atoms. The van der Waals surface area contributed by atoms with Crippen molar-refractivity contribution >= 4 is 0 Å². The number of hydrogen-bond donors (Lipinski definition) is 2. The fourth-order valence-electron chi connectivity index (χ4n) is 2.82. The predicted molar refractivity (Wildman–Crippen MR) is 64.2 cm³/mol. The summed E-state index contributed by atoms with van der Waals surface area (Å²) in [6.45, 7) is 3.97. The highest BCUT2D eigenvalue weighted by Gasteiger charge is 2.36. The fourth-order valence-corrected chi connectivity index (χ4v) is 2.82. The summed E-state index contributed by atoms with van der Waals surface area (Å²) >= 11 is 0. The van der Waals surface area contributed by atoms with E-state index in [1.807, 2.05) is 0 Å². The molecule has 92 valence electrons. The van der Waals surface area contributed by atoms with Crippen LogP contribution in [0.3, 0.4) is 0 Å². The first kappa shape index (κ1) is 11.9. The Labute approximate surface area is 97.9 Å². The Balaban J connectivity index is 1.92. The van der Waals surface area contributed by atoms with Crippen LogP contribution in [0, 0.1) is 0 Å². The molecule has 0 amide bonds. The summed E-state index contributed by atoms with van der Waals surface area (Å²) < 4.78 is 5.34. The Morgan fingerprint density at radius 2 is 2.25 bits per heavy atom. The normalized spacial score (nSPS) is 35.4. The van der Waals surface area contributed by atoms with E-state index in [0.717, 1.165) is 57.2 Å². The van der Waals surface area contributed by atoms with E-state index in [4.69, 9.17) is 4.74 Å². The molecule has 0 spiro atoms. The second-order valence-corrected chi connectivity index (χ2v) is 4.98. The Morgan fingerprint density at radius 1 is 1.50 bits per heavy atom. The minimum absolute atomic E-state index is 0.577. The van der Waals surface area contributed by atoms with Gasteiger partial charge in [0.05, 0.1) is 18.5 Å². The van der Waals surface area contributed by atoms with Crippen LogP contribution in [0.1, 0.15) is 45.4 Å². The van der Waals surface area contributed by atoms with Gasteiger partial charge in [-0.05, 0) is 50.6 Å². The lowest BCUT2D eigenvalue weighted by Crippen LogP contribution is -2.42. The lowest BCUT2D eigenvalue weighted by molar-refractivity contribution is 0.0195. The van der Waals surface area contributed by atoms with Gasteiger partial charge in [0.25, 0.3) is 0 Å². The van der Waals surface area contributed by atoms with Crippen molar-refractivity contribution in [2.75, 3.05) is 13.2 Å². The Bertz CT molecular complexity index is 255. The van der Waals surface area contributed by atoms with Crippen LogP contribution in [0.2, 0.25) is 0 Å². The van der Waals surface area contributed by atoms with Crippen molar-refractivity contribution in [2.45, 2.75) is 57.1 Å². The summed E-state index contributed by atoms with van der Waals surface area (Å²) in [6.07, 6.45) is 7.74. The first-order chi connectivity index (χ1) is 7.74. The van der Waals surface area contributed by atoms with Gasteiger partial charge in [-0.1, -0.05) is 6.92 Å². The third-order valence-corrected chi connectivity index (χ3v) is 3.84. The number of rotatable bonds is 3. The van der Waals surface area contributed by atoms with Gasteiger partial charge in [-0.15, -0.1) is 0 Å². The molecular weight excluding hydrogens is 202 g/mol. The van der Waals surface area contributed by atoms with E-state index in [-0.39, 0.29) is 0 Å². The molecule has 3 heteroatoms. The third kappa shape index (κ3) is 2.58. The summed E-state index contributed by atoms with van der Waals surface area (Å²) in [5, 5.41) is 14.1. The molecule has 1 fully saturated rings. The Kier molecular flexibility index (Phi) is 3.87. The summed E-state index contributed by atoms with van der Waals surface area (Å²) in [5.74, 6) is 0. The number of ether oxygens (including phenoxy) is 1. The van der Waals surface area contributed by atoms with E-state index in [9.17, 15) is 5.11 Å². The van der Waals surface area contributed by atoms with Crippen molar-refractivity contribution < 1.29 is 9.84 Å². The lowest BCUT2D eigenvalue weighted by atomic mass is 9.76. The molecule has 2 aliphatic rings. The zero-order valence-corrected chi connectivity index (χ0v) is 10.2. The topological polar surface area (TPSA) is 41.5 Å². The van der Waals surface area contributed by atoms with E-state index < -0.39 is 5.60 Å². The van der Waals surface area contributed by atoms with E-state index in [2.05, 4.69) is 12.2 Å². The van der Waals surface area contributed by atoms with Crippen molar-refractivity contribution in [3.05, 3.63) is 11.8 Å². The van der Waals surface area contributed by atoms with Crippen LogP contribution in [0.4, 0.5) is 0 Å². The third-order valence-electron chi connectivity index (χ3n) is 3.84. The van der Waals surface area contributed by atoms with Crippen molar-refractivity contribution in [2.24, 2.45) is 0 Å². The molecule has 0 aromatic carbocycles.